The lowest BCUT2D eigenvalue weighted by Crippen LogP contribution is -2.18. The summed E-state index contributed by atoms with van der Waals surface area (Å²) in [5, 5.41) is 3.54. The number of methoxy groups -OCH3 is 1. The molecule has 0 amide bonds. The Labute approximate surface area is 147 Å². The van der Waals surface area contributed by atoms with Gasteiger partial charge in [-0.25, -0.2) is 0 Å². The molecule has 0 saturated heterocycles. The van der Waals surface area contributed by atoms with Crippen LogP contribution in [0.2, 0.25) is 0 Å². The first-order valence-electron chi connectivity index (χ1n) is 7.82. The minimum Gasteiger partial charge on any atom is -0.493 e. The van der Waals surface area contributed by atoms with Crippen molar-refractivity contribution >= 4 is 15.9 Å². The Morgan fingerprint density at radius 2 is 1.78 bits per heavy atom. The molecule has 1 atom stereocenters. The third kappa shape index (κ3) is 4.98. The lowest BCUT2D eigenvalue weighted by Gasteiger charge is -2.17. The van der Waals surface area contributed by atoms with Crippen LogP contribution in [0.3, 0.4) is 0 Å². The number of rotatable bonds is 7. The maximum absolute atomic E-state index is 5.75. The Balaban J connectivity index is 2.04. The summed E-state index contributed by atoms with van der Waals surface area (Å²) in [6.45, 7) is 6.94. The summed E-state index contributed by atoms with van der Waals surface area (Å²) >= 11 is 3.60. The SMILES string of the molecule is COc1cc(CNC(C)c2ccccc2Br)ccc1OC(C)C. The molecule has 2 aromatic carbocycles. The summed E-state index contributed by atoms with van der Waals surface area (Å²) in [6, 6.07) is 14.6. The summed E-state index contributed by atoms with van der Waals surface area (Å²) in [6.07, 6.45) is 0.128. The Kier molecular flexibility index (Phi) is 6.48. The number of hydrogen-bond acceptors (Lipinski definition) is 3. The van der Waals surface area contributed by atoms with Gasteiger partial charge in [0.05, 0.1) is 13.2 Å². The van der Waals surface area contributed by atoms with Crippen LogP contribution in [0.4, 0.5) is 0 Å². The van der Waals surface area contributed by atoms with E-state index < -0.39 is 0 Å². The van der Waals surface area contributed by atoms with Gasteiger partial charge in [-0.15, -0.1) is 0 Å². The topological polar surface area (TPSA) is 30.5 Å². The quantitative estimate of drug-likeness (QED) is 0.728. The minimum absolute atomic E-state index is 0.128. The molecule has 0 aliphatic heterocycles. The maximum Gasteiger partial charge on any atom is 0.161 e. The van der Waals surface area contributed by atoms with E-state index in [9.17, 15) is 0 Å². The van der Waals surface area contributed by atoms with Gasteiger partial charge in [0.1, 0.15) is 0 Å². The molecule has 0 fully saturated rings. The van der Waals surface area contributed by atoms with Crippen molar-refractivity contribution in [3.63, 3.8) is 0 Å². The molecule has 1 unspecified atom stereocenters. The number of benzene rings is 2. The lowest BCUT2D eigenvalue weighted by atomic mass is 10.1. The second-order valence-electron chi connectivity index (χ2n) is 5.78. The van der Waals surface area contributed by atoms with E-state index in [4.69, 9.17) is 9.47 Å². The molecule has 0 radical (unpaired) electrons. The van der Waals surface area contributed by atoms with Crippen LogP contribution in [0.15, 0.2) is 46.9 Å². The van der Waals surface area contributed by atoms with Gasteiger partial charge in [-0.1, -0.05) is 40.2 Å². The van der Waals surface area contributed by atoms with E-state index in [0.29, 0.717) is 0 Å². The van der Waals surface area contributed by atoms with E-state index in [2.05, 4.69) is 52.4 Å². The molecular weight excluding hydrogens is 354 g/mol. The Hall–Kier alpha value is -1.52. The van der Waals surface area contributed by atoms with Gasteiger partial charge in [0, 0.05) is 17.1 Å². The molecule has 124 valence electrons. The highest BCUT2D eigenvalue weighted by Crippen LogP contribution is 2.29. The fourth-order valence-corrected chi connectivity index (χ4v) is 3.01. The van der Waals surface area contributed by atoms with E-state index in [1.165, 1.54) is 5.56 Å². The normalized spacial score (nSPS) is 12.3. The average Bonchev–Trinajstić information content (AvgIpc) is 2.53. The maximum atomic E-state index is 5.75. The van der Waals surface area contributed by atoms with Gasteiger partial charge < -0.3 is 14.8 Å². The summed E-state index contributed by atoms with van der Waals surface area (Å²) < 4.78 is 12.3. The van der Waals surface area contributed by atoms with Crippen molar-refractivity contribution in [1.82, 2.24) is 5.32 Å². The zero-order chi connectivity index (χ0) is 16.8. The first-order valence-corrected chi connectivity index (χ1v) is 8.62. The third-order valence-electron chi connectivity index (χ3n) is 3.57. The largest absolute Gasteiger partial charge is 0.493 e. The molecular formula is C19H24BrNO2. The molecule has 0 saturated carbocycles. The van der Waals surface area contributed by atoms with Gasteiger partial charge >= 0.3 is 0 Å². The van der Waals surface area contributed by atoms with Gasteiger partial charge in [-0.2, -0.15) is 0 Å². The second-order valence-corrected chi connectivity index (χ2v) is 6.63. The van der Waals surface area contributed by atoms with Gasteiger partial charge in [-0.05, 0) is 50.1 Å². The molecule has 4 heteroatoms. The van der Waals surface area contributed by atoms with Crippen LogP contribution < -0.4 is 14.8 Å². The number of hydrogen-bond donors (Lipinski definition) is 1. The first-order chi connectivity index (χ1) is 11.0. The Morgan fingerprint density at radius 3 is 2.43 bits per heavy atom. The molecule has 3 nitrogen and oxygen atoms in total. The van der Waals surface area contributed by atoms with E-state index in [0.717, 1.165) is 28.1 Å². The van der Waals surface area contributed by atoms with Gasteiger partial charge in [0.25, 0.3) is 0 Å². The smallest absolute Gasteiger partial charge is 0.161 e. The summed E-state index contributed by atoms with van der Waals surface area (Å²) in [4.78, 5) is 0. The van der Waals surface area contributed by atoms with E-state index in [1.807, 2.05) is 32.0 Å². The van der Waals surface area contributed by atoms with Crippen molar-refractivity contribution < 1.29 is 9.47 Å². The number of ether oxygens (including phenoxy) is 2. The van der Waals surface area contributed by atoms with Crippen LogP contribution in [-0.4, -0.2) is 13.2 Å². The fraction of sp³-hybridized carbons (Fsp3) is 0.368. The predicted octanol–water partition coefficient (Wildman–Crippen LogP) is 5.10. The zero-order valence-corrected chi connectivity index (χ0v) is 15.7. The van der Waals surface area contributed by atoms with Crippen LogP contribution in [0.25, 0.3) is 0 Å². The van der Waals surface area contributed by atoms with Gasteiger partial charge in [0.2, 0.25) is 0 Å². The van der Waals surface area contributed by atoms with Crippen LogP contribution in [0, 0.1) is 0 Å². The van der Waals surface area contributed by atoms with E-state index in [-0.39, 0.29) is 12.1 Å². The summed E-state index contributed by atoms with van der Waals surface area (Å²) in [7, 11) is 1.67. The number of halogens is 1. The molecule has 0 heterocycles. The Bertz CT molecular complexity index is 643. The Morgan fingerprint density at radius 1 is 1.04 bits per heavy atom. The van der Waals surface area contributed by atoms with Gasteiger partial charge in [-0.3, -0.25) is 0 Å². The van der Waals surface area contributed by atoms with Crippen LogP contribution >= 0.6 is 15.9 Å². The molecule has 0 aliphatic carbocycles. The molecule has 0 aliphatic rings. The molecule has 0 spiro atoms. The van der Waals surface area contributed by atoms with Crippen molar-refractivity contribution in [2.75, 3.05) is 7.11 Å². The van der Waals surface area contributed by atoms with Crippen molar-refractivity contribution in [1.29, 1.82) is 0 Å². The summed E-state index contributed by atoms with van der Waals surface area (Å²) in [5.74, 6) is 1.55. The van der Waals surface area contributed by atoms with Crippen molar-refractivity contribution in [2.45, 2.75) is 39.5 Å². The van der Waals surface area contributed by atoms with Crippen LogP contribution in [0.5, 0.6) is 11.5 Å². The van der Waals surface area contributed by atoms with Gasteiger partial charge in [0.15, 0.2) is 11.5 Å². The zero-order valence-electron chi connectivity index (χ0n) is 14.1. The van der Waals surface area contributed by atoms with Crippen LogP contribution in [-0.2, 0) is 6.54 Å². The van der Waals surface area contributed by atoms with Crippen molar-refractivity contribution in [2.24, 2.45) is 0 Å². The van der Waals surface area contributed by atoms with Crippen molar-refractivity contribution in [3.05, 3.63) is 58.1 Å². The highest BCUT2D eigenvalue weighted by atomic mass is 79.9. The van der Waals surface area contributed by atoms with Crippen molar-refractivity contribution in [3.8, 4) is 11.5 Å². The monoisotopic (exact) mass is 377 g/mol. The highest BCUT2D eigenvalue weighted by Gasteiger charge is 2.10. The minimum atomic E-state index is 0.128. The first kappa shape index (κ1) is 17.8. The molecule has 2 aromatic rings. The molecule has 2 rings (SSSR count). The lowest BCUT2D eigenvalue weighted by molar-refractivity contribution is 0.230. The highest BCUT2D eigenvalue weighted by molar-refractivity contribution is 9.10. The van der Waals surface area contributed by atoms with E-state index in [1.54, 1.807) is 7.11 Å². The third-order valence-corrected chi connectivity index (χ3v) is 4.30. The molecule has 1 N–H and O–H groups in total. The average molecular weight is 378 g/mol. The van der Waals surface area contributed by atoms with Crippen LogP contribution in [0.1, 0.15) is 37.9 Å². The number of nitrogens with one attached hydrogen (secondary N) is 1. The predicted molar refractivity (Wildman–Crippen MR) is 98.2 cm³/mol. The summed E-state index contributed by atoms with van der Waals surface area (Å²) in [5.41, 5.74) is 2.41. The molecule has 0 aromatic heterocycles. The fourth-order valence-electron chi connectivity index (χ4n) is 2.38. The second kappa shape index (κ2) is 8.37. The van der Waals surface area contributed by atoms with E-state index >= 15 is 0 Å². The molecule has 23 heavy (non-hydrogen) atoms. The molecule has 0 bridgehead atoms. The standard InChI is InChI=1S/C19H24BrNO2/c1-13(2)23-18-10-9-15(11-19(18)22-4)12-21-14(3)16-7-5-6-8-17(16)20/h5-11,13-14,21H,12H2,1-4H3.